The molecule has 11 aromatic carbocycles. The van der Waals surface area contributed by atoms with Crippen LogP contribution in [-0.2, 0) is 5.41 Å². The second kappa shape index (κ2) is 19.1. The molecule has 0 N–H and O–H groups in total. The molecule has 0 saturated heterocycles. The van der Waals surface area contributed by atoms with Gasteiger partial charge in [0.05, 0.1) is 23.6 Å². The Kier molecular flexibility index (Phi) is 11.3. The fourth-order valence-electron chi connectivity index (χ4n) is 12.0. The van der Waals surface area contributed by atoms with Crippen LogP contribution in [0.1, 0.15) is 44.9 Å². The van der Waals surface area contributed by atoms with Crippen LogP contribution in [0.5, 0.6) is 5.75 Å². The second-order valence-corrected chi connectivity index (χ2v) is 19.8. The molecule has 5 nitrogen and oxygen atoms in total. The van der Waals surface area contributed by atoms with Crippen LogP contribution >= 0.6 is 0 Å². The first-order chi connectivity index (χ1) is 38.1. The highest BCUT2D eigenvalue weighted by atomic mass is 16.5. The van der Waals surface area contributed by atoms with Gasteiger partial charge in [-0.3, -0.25) is 4.57 Å². The average Bonchev–Trinajstić information content (AvgIpc) is 4.23. The van der Waals surface area contributed by atoms with E-state index >= 15 is 0 Å². The quantitative estimate of drug-likeness (QED) is 0.121. The molecule has 14 rings (SSSR count). The third-order valence-corrected chi connectivity index (χ3v) is 15.6. The summed E-state index contributed by atoms with van der Waals surface area (Å²) in [6, 6.07) is 101. The molecule has 5 heteroatoms. The smallest absolute Gasteiger partial charge is 0.238 e. The first kappa shape index (κ1) is 45.6. The van der Waals surface area contributed by atoms with Crippen molar-refractivity contribution in [2.45, 2.75) is 11.3 Å². The highest BCUT2D eigenvalue weighted by Crippen LogP contribution is 2.57. The number of hydrogen-bond donors (Lipinski definition) is 0. The molecule has 2 heterocycles. The van der Waals surface area contributed by atoms with Crippen molar-refractivity contribution in [1.82, 2.24) is 19.5 Å². The number of ether oxygens (including phenoxy) is 1. The van der Waals surface area contributed by atoms with Crippen molar-refractivity contribution >= 4 is 21.8 Å². The number of benzene rings is 11. The van der Waals surface area contributed by atoms with E-state index in [1.165, 1.54) is 50.1 Å². The van der Waals surface area contributed by atoms with Gasteiger partial charge in [0.15, 0.2) is 11.6 Å². The summed E-state index contributed by atoms with van der Waals surface area (Å²) in [4.78, 5) is 15.4. The molecule has 2 aromatic heterocycles. The highest BCUT2D eigenvalue weighted by molar-refractivity contribution is 6.10. The predicted octanol–water partition coefficient (Wildman–Crippen LogP) is 17.2. The molecule has 0 aliphatic heterocycles. The van der Waals surface area contributed by atoms with E-state index in [1.807, 2.05) is 48.5 Å². The van der Waals surface area contributed by atoms with Gasteiger partial charge in [0.1, 0.15) is 5.75 Å². The molecule has 0 radical (unpaired) electrons. The van der Waals surface area contributed by atoms with E-state index in [1.54, 1.807) is 7.11 Å². The minimum Gasteiger partial charge on any atom is -0.497 e. The van der Waals surface area contributed by atoms with Crippen LogP contribution in [-0.4, -0.2) is 26.6 Å². The molecule has 364 valence electrons. The van der Waals surface area contributed by atoms with Crippen molar-refractivity contribution in [2.24, 2.45) is 0 Å². The largest absolute Gasteiger partial charge is 0.497 e. The van der Waals surface area contributed by atoms with Crippen LogP contribution in [0.2, 0.25) is 0 Å². The first-order valence-electron chi connectivity index (χ1n) is 26.2. The third-order valence-electron chi connectivity index (χ3n) is 15.6. The number of para-hydroxylation sites is 1. The molecule has 0 saturated carbocycles. The van der Waals surface area contributed by atoms with E-state index in [0.717, 1.165) is 60.9 Å². The lowest BCUT2D eigenvalue weighted by Crippen LogP contribution is -2.28. The molecule has 0 amide bonds. The van der Waals surface area contributed by atoms with Crippen molar-refractivity contribution in [2.75, 3.05) is 7.11 Å². The Bertz CT molecular complexity index is 4170. The van der Waals surface area contributed by atoms with Crippen LogP contribution in [0.4, 0.5) is 0 Å². The summed E-state index contributed by atoms with van der Waals surface area (Å²) < 4.78 is 7.69. The minimum absolute atomic E-state index is 0.0682. The van der Waals surface area contributed by atoms with Gasteiger partial charge >= 0.3 is 0 Å². The van der Waals surface area contributed by atoms with Gasteiger partial charge in [-0.25, -0.2) is 4.98 Å². The second-order valence-electron chi connectivity index (χ2n) is 19.8. The molecule has 0 fully saturated rings. The van der Waals surface area contributed by atoms with Gasteiger partial charge in [0.25, 0.3) is 0 Å². The summed E-state index contributed by atoms with van der Waals surface area (Å²) >= 11 is 0. The Morgan fingerprint density at radius 1 is 0.351 bits per heavy atom. The fraction of sp³-hybridized carbons (Fsp3) is 0.0417. The first-order valence-corrected chi connectivity index (χ1v) is 26.2. The number of fused-ring (bicyclic) bond motifs is 6. The Hall–Kier alpha value is -9.97. The normalized spacial score (nSPS) is 12.8. The maximum atomic E-state index is 5.49. The van der Waals surface area contributed by atoms with Gasteiger partial charge in [-0.2, -0.15) is 9.97 Å². The molecule has 0 spiro atoms. The molecule has 13 aromatic rings. The minimum atomic E-state index is -0.477. The lowest BCUT2D eigenvalue weighted by Gasteiger charge is -2.34. The number of methoxy groups -OCH3 is 1. The van der Waals surface area contributed by atoms with Crippen molar-refractivity contribution in [3.63, 3.8) is 0 Å². The number of aromatic nitrogens is 4. The van der Waals surface area contributed by atoms with Gasteiger partial charge in [0.2, 0.25) is 5.95 Å². The summed E-state index contributed by atoms with van der Waals surface area (Å²) in [5, 5.41) is 2.26. The summed E-state index contributed by atoms with van der Waals surface area (Å²) in [6.45, 7) is 0. The summed E-state index contributed by atoms with van der Waals surface area (Å²) in [5.41, 5.74) is 19.2. The molecule has 1 atom stereocenters. The fourth-order valence-corrected chi connectivity index (χ4v) is 12.0. The third kappa shape index (κ3) is 7.82. The summed E-state index contributed by atoms with van der Waals surface area (Å²) in [5.74, 6) is 2.59. The van der Waals surface area contributed by atoms with Crippen LogP contribution < -0.4 is 4.74 Å². The van der Waals surface area contributed by atoms with Crippen molar-refractivity contribution in [3.05, 3.63) is 318 Å². The van der Waals surface area contributed by atoms with E-state index in [2.05, 4.69) is 235 Å². The molecule has 0 bridgehead atoms. The number of hydrogen-bond acceptors (Lipinski definition) is 4. The van der Waals surface area contributed by atoms with Crippen LogP contribution in [0.3, 0.4) is 0 Å². The monoisotopic (exact) mass is 986 g/mol. The van der Waals surface area contributed by atoms with Crippen LogP contribution in [0.25, 0.3) is 83.9 Å². The highest BCUT2D eigenvalue weighted by Gasteiger charge is 2.46. The van der Waals surface area contributed by atoms with E-state index in [-0.39, 0.29) is 5.92 Å². The number of nitrogens with zero attached hydrogens (tertiary/aromatic N) is 4. The van der Waals surface area contributed by atoms with Gasteiger partial charge < -0.3 is 4.74 Å². The Morgan fingerprint density at radius 3 is 1.42 bits per heavy atom. The zero-order chi connectivity index (χ0) is 51.3. The zero-order valence-electron chi connectivity index (χ0n) is 42.3. The standard InChI is InChI=1S/C72H50N4O/c1-77-59-42-38-49(39-43-59)48-30-34-51(35-31-48)68(56-41-45-65-63(46-56)60-26-14-16-28-64(60)72(65,57-22-10-4-11-23-57)58-24-12-5-13-25-58)52-36-32-50(33-37-52)55-40-44-62-61-27-15-17-29-66(61)76(67(62)47-55)71-74-69(53-18-6-2-7-19-53)73-70(75-71)54-20-8-3-9-21-54/h2-47,68H,1H3. The van der Waals surface area contributed by atoms with Crippen LogP contribution in [0.15, 0.2) is 279 Å². The van der Waals surface area contributed by atoms with Crippen molar-refractivity contribution in [1.29, 1.82) is 0 Å². The lowest BCUT2D eigenvalue weighted by atomic mass is 9.67. The van der Waals surface area contributed by atoms with E-state index < -0.39 is 5.41 Å². The Morgan fingerprint density at radius 2 is 0.818 bits per heavy atom. The molecule has 1 unspecified atom stereocenters. The molecular formula is C72H50N4O. The van der Waals surface area contributed by atoms with E-state index in [9.17, 15) is 0 Å². The maximum absolute atomic E-state index is 5.49. The molecule has 1 aliphatic carbocycles. The van der Waals surface area contributed by atoms with Crippen LogP contribution in [0, 0.1) is 0 Å². The number of rotatable bonds is 11. The molecule has 1 aliphatic rings. The Balaban J connectivity index is 0.905. The lowest BCUT2D eigenvalue weighted by molar-refractivity contribution is 0.415. The molecule has 77 heavy (non-hydrogen) atoms. The van der Waals surface area contributed by atoms with Gasteiger partial charge in [-0.1, -0.05) is 249 Å². The van der Waals surface area contributed by atoms with E-state index in [0.29, 0.717) is 17.6 Å². The average molecular weight is 987 g/mol. The summed E-state index contributed by atoms with van der Waals surface area (Å²) in [6.07, 6.45) is 0. The van der Waals surface area contributed by atoms with Crippen molar-refractivity contribution < 1.29 is 4.74 Å². The Labute approximate surface area is 448 Å². The van der Waals surface area contributed by atoms with Gasteiger partial charge in [0, 0.05) is 27.8 Å². The van der Waals surface area contributed by atoms with E-state index in [4.69, 9.17) is 19.7 Å². The molecular weight excluding hydrogens is 937 g/mol. The van der Waals surface area contributed by atoms with Gasteiger partial charge in [-0.05, 0) is 103 Å². The summed E-state index contributed by atoms with van der Waals surface area (Å²) in [7, 11) is 1.71. The van der Waals surface area contributed by atoms with Crippen molar-refractivity contribution in [3.8, 4) is 67.9 Å². The zero-order valence-corrected chi connectivity index (χ0v) is 42.3. The SMILES string of the molecule is COc1ccc(-c2ccc(C(c3ccc(-c4ccc5c6ccccc6n(-c6nc(-c7ccccc7)nc(-c7ccccc7)n6)c5c4)cc3)c3ccc4c(c3)-c3ccccc3C4(c3ccccc3)c3ccccc3)cc2)cc1. The van der Waals surface area contributed by atoms with Gasteiger partial charge in [-0.15, -0.1) is 0 Å². The predicted molar refractivity (Wildman–Crippen MR) is 314 cm³/mol. The maximum Gasteiger partial charge on any atom is 0.238 e. The topological polar surface area (TPSA) is 52.8 Å².